The monoisotopic (exact) mass is 313 g/mol. The first-order valence-electron chi connectivity index (χ1n) is 6.73. The summed E-state index contributed by atoms with van der Waals surface area (Å²) in [6.45, 7) is 0.898. The van der Waals surface area contributed by atoms with Gasteiger partial charge in [-0.25, -0.2) is 0 Å². The van der Waals surface area contributed by atoms with E-state index in [9.17, 15) is 9.59 Å². The zero-order valence-electron chi connectivity index (χ0n) is 11.9. The van der Waals surface area contributed by atoms with Crippen LogP contribution < -0.4 is 4.74 Å². The highest BCUT2D eigenvalue weighted by molar-refractivity contribution is 5.85. The van der Waals surface area contributed by atoms with Crippen molar-refractivity contribution in [1.82, 2.24) is 4.90 Å². The average molecular weight is 314 g/mol. The van der Waals surface area contributed by atoms with Crippen molar-refractivity contribution in [1.29, 1.82) is 0 Å². The molecule has 0 aliphatic carbocycles. The summed E-state index contributed by atoms with van der Waals surface area (Å²) in [5.41, 5.74) is 1.08. The predicted molar refractivity (Wildman–Crippen MR) is 80.9 cm³/mol. The van der Waals surface area contributed by atoms with Gasteiger partial charge in [-0.1, -0.05) is 12.1 Å². The maximum absolute atomic E-state index is 12.0. The molecule has 116 valence electrons. The van der Waals surface area contributed by atoms with Crippen molar-refractivity contribution in [2.45, 2.75) is 19.3 Å². The minimum Gasteiger partial charge on any atom is -0.497 e. The minimum absolute atomic E-state index is 0. The molecule has 1 heterocycles. The maximum Gasteiger partial charge on any atom is 0.308 e. The van der Waals surface area contributed by atoms with Crippen LogP contribution in [0.4, 0.5) is 0 Å². The van der Waals surface area contributed by atoms with E-state index < -0.39 is 11.9 Å². The van der Waals surface area contributed by atoms with Crippen molar-refractivity contribution in [2.75, 3.05) is 20.2 Å². The van der Waals surface area contributed by atoms with Gasteiger partial charge in [-0.2, -0.15) is 0 Å². The lowest BCUT2D eigenvalue weighted by Gasteiger charge is -2.15. The van der Waals surface area contributed by atoms with E-state index in [0.717, 1.165) is 11.3 Å². The van der Waals surface area contributed by atoms with Crippen LogP contribution in [0.15, 0.2) is 24.3 Å². The van der Waals surface area contributed by atoms with Crippen LogP contribution in [0.2, 0.25) is 0 Å². The number of hydrogen-bond acceptors (Lipinski definition) is 3. The Morgan fingerprint density at radius 2 is 2.00 bits per heavy atom. The SMILES string of the molecule is COc1ccc(CCC(=O)N2CCC(C(=O)O)C2)cc1.Cl. The van der Waals surface area contributed by atoms with Gasteiger partial charge in [-0.15, -0.1) is 12.4 Å². The van der Waals surface area contributed by atoms with Crippen molar-refractivity contribution in [3.8, 4) is 5.75 Å². The number of aryl methyl sites for hydroxylation is 1. The lowest BCUT2D eigenvalue weighted by Crippen LogP contribution is -2.30. The second-order valence-corrected chi connectivity index (χ2v) is 5.01. The van der Waals surface area contributed by atoms with Gasteiger partial charge in [0.2, 0.25) is 5.91 Å². The molecule has 1 aromatic rings. The van der Waals surface area contributed by atoms with Gasteiger partial charge in [0.1, 0.15) is 5.75 Å². The molecular weight excluding hydrogens is 294 g/mol. The Kier molecular flexibility index (Phi) is 6.49. The highest BCUT2D eigenvalue weighted by atomic mass is 35.5. The number of ether oxygens (including phenoxy) is 1. The van der Waals surface area contributed by atoms with E-state index >= 15 is 0 Å². The van der Waals surface area contributed by atoms with Crippen LogP contribution in [0.5, 0.6) is 5.75 Å². The largest absolute Gasteiger partial charge is 0.497 e. The molecule has 0 aromatic heterocycles. The van der Waals surface area contributed by atoms with Crippen molar-refractivity contribution in [3.05, 3.63) is 29.8 Å². The third-order valence-corrected chi connectivity index (χ3v) is 3.68. The summed E-state index contributed by atoms with van der Waals surface area (Å²) in [7, 11) is 1.62. The van der Waals surface area contributed by atoms with E-state index in [4.69, 9.17) is 9.84 Å². The molecule has 1 atom stereocenters. The molecule has 1 aromatic carbocycles. The Hall–Kier alpha value is -1.75. The lowest BCUT2D eigenvalue weighted by atomic mass is 10.1. The van der Waals surface area contributed by atoms with E-state index in [-0.39, 0.29) is 18.3 Å². The third-order valence-electron chi connectivity index (χ3n) is 3.68. The number of rotatable bonds is 5. The Morgan fingerprint density at radius 1 is 1.33 bits per heavy atom. The fraction of sp³-hybridized carbons (Fsp3) is 0.467. The second kappa shape index (κ2) is 7.88. The standard InChI is InChI=1S/C15H19NO4.ClH/c1-20-13-5-2-11(3-6-13)4-7-14(17)16-9-8-12(10-16)15(18)19;/h2-3,5-6,12H,4,7-10H2,1H3,(H,18,19);1H. The van der Waals surface area contributed by atoms with Crippen LogP contribution in [0.3, 0.4) is 0 Å². The summed E-state index contributed by atoms with van der Waals surface area (Å²) in [4.78, 5) is 24.5. The Balaban J connectivity index is 0.00000220. The molecule has 0 radical (unpaired) electrons. The van der Waals surface area contributed by atoms with Gasteiger partial charge in [0.05, 0.1) is 13.0 Å². The first-order chi connectivity index (χ1) is 9.60. The Morgan fingerprint density at radius 3 is 2.52 bits per heavy atom. The molecule has 1 aliphatic heterocycles. The van der Waals surface area contributed by atoms with Gasteiger partial charge < -0.3 is 14.7 Å². The number of likely N-dealkylation sites (tertiary alicyclic amines) is 1. The third kappa shape index (κ3) is 4.63. The smallest absolute Gasteiger partial charge is 0.308 e. The maximum atomic E-state index is 12.0. The Bertz CT molecular complexity index is 489. The average Bonchev–Trinajstić information content (AvgIpc) is 2.95. The molecule has 1 fully saturated rings. The van der Waals surface area contributed by atoms with Crippen LogP contribution in [0, 0.1) is 5.92 Å². The first kappa shape index (κ1) is 17.3. The van der Waals surface area contributed by atoms with Crippen LogP contribution in [-0.2, 0) is 16.0 Å². The molecule has 1 saturated heterocycles. The summed E-state index contributed by atoms with van der Waals surface area (Å²) >= 11 is 0. The van der Waals surface area contributed by atoms with Crippen LogP contribution >= 0.6 is 12.4 Å². The number of carbonyl (C=O) groups excluding carboxylic acids is 1. The van der Waals surface area contributed by atoms with Gasteiger partial charge in [-0.3, -0.25) is 9.59 Å². The van der Waals surface area contributed by atoms with Gasteiger partial charge in [0, 0.05) is 19.5 Å². The Labute approximate surface area is 130 Å². The second-order valence-electron chi connectivity index (χ2n) is 5.01. The van der Waals surface area contributed by atoms with E-state index in [2.05, 4.69) is 0 Å². The summed E-state index contributed by atoms with van der Waals surface area (Å²) in [5, 5.41) is 8.92. The number of carboxylic acids is 1. The van der Waals surface area contributed by atoms with Gasteiger partial charge in [0.25, 0.3) is 0 Å². The van der Waals surface area contributed by atoms with Gasteiger partial charge >= 0.3 is 5.97 Å². The number of halogens is 1. The summed E-state index contributed by atoms with van der Waals surface area (Å²) in [6.07, 6.45) is 1.64. The molecule has 1 N–H and O–H groups in total. The number of aliphatic carboxylic acids is 1. The number of carboxylic acid groups (broad SMARTS) is 1. The van der Waals surface area contributed by atoms with Crippen LogP contribution in [-0.4, -0.2) is 42.1 Å². The number of methoxy groups -OCH3 is 1. The van der Waals surface area contributed by atoms with Crippen molar-refractivity contribution >= 4 is 24.3 Å². The fourth-order valence-electron chi connectivity index (χ4n) is 2.39. The van der Waals surface area contributed by atoms with E-state index in [0.29, 0.717) is 32.4 Å². The molecule has 1 unspecified atom stereocenters. The molecule has 6 heteroatoms. The zero-order valence-corrected chi connectivity index (χ0v) is 12.8. The van der Waals surface area contributed by atoms with E-state index in [1.165, 1.54) is 0 Å². The molecule has 21 heavy (non-hydrogen) atoms. The summed E-state index contributed by atoms with van der Waals surface area (Å²) in [6, 6.07) is 7.62. The molecular formula is C15H20ClNO4. The molecule has 1 aliphatic rings. The molecule has 5 nitrogen and oxygen atoms in total. The number of amides is 1. The van der Waals surface area contributed by atoms with Crippen molar-refractivity contribution < 1.29 is 19.4 Å². The van der Waals surface area contributed by atoms with E-state index in [1.807, 2.05) is 24.3 Å². The van der Waals surface area contributed by atoms with Gasteiger partial charge in [0.15, 0.2) is 0 Å². The normalized spacial score (nSPS) is 17.2. The van der Waals surface area contributed by atoms with E-state index in [1.54, 1.807) is 12.0 Å². The number of hydrogen-bond donors (Lipinski definition) is 1. The van der Waals surface area contributed by atoms with Crippen molar-refractivity contribution in [3.63, 3.8) is 0 Å². The molecule has 1 amide bonds. The summed E-state index contributed by atoms with van der Waals surface area (Å²) in [5.74, 6) is -0.385. The number of benzene rings is 1. The highest BCUT2D eigenvalue weighted by Crippen LogP contribution is 2.18. The van der Waals surface area contributed by atoms with Crippen molar-refractivity contribution in [2.24, 2.45) is 5.92 Å². The minimum atomic E-state index is -0.810. The first-order valence-corrected chi connectivity index (χ1v) is 6.73. The van der Waals surface area contributed by atoms with Crippen LogP contribution in [0.1, 0.15) is 18.4 Å². The highest BCUT2D eigenvalue weighted by Gasteiger charge is 2.30. The number of nitrogens with zero attached hydrogens (tertiary/aromatic N) is 1. The summed E-state index contributed by atoms with van der Waals surface area (Å²) < 4.78 is 5.08. The molecule has 0 saturated carbocycles. The zero-order chi connectivity index (χ0) is 14.5. The predicted octanol–water partition coefficient (Wildman–Crippen LogP) is 1.98. The molecule has 2 rings (SSSR count). The quantitative estimate of drug-likeness (QED) is 0.902. The topological polar surface area (TPSA) is 66.8 Å². The lowest BCUT2D eigenvalue weighted by molar-refractivity contribution is -0.141. The van der Waals surface area contributed by atoms with Gasteiger partial charge in [-0.05, 0) is 30.5 Å². The fourth-order valence-corrected chi connectivity index (χ4v) is 2.39. The number of carbonyl (C=O) groups is 2. The van der Waals surface area contributed by atoms with Crippen LogP contribution in [0.25, 0.3) is 0 Å². The molecule has 0 bridgehead atoms. The molecule has 0 spiro atoms.